The standard InChI is InChI=1S/C18H17N3O3/c1-11-15-13(20(2)16(11)17(19)23)8-9-21(18(15)24)10-14(22)12-6-4-3-5-7-12/h3-9H,10H2,1-2H3,(H2,19,23). The van der Waals surface area contributed by atoms with Crippen molar-refractivity contribution in [2.75, 3.05) is 0 Å². The van der Waals surface area contributed by atoms with Crippen molar-refractivity contribution in [3.8, 4) is 0 Å². The van der Waals surface area contributed by atoms with Crippen LogP contribution in [-0.4, -0.2) is 20.8 Å². The minimum Gasteiger partial charge on any atom is -0.364 e. The molecule has 1 aromatic carbocycles. The second kappa shape index (κ2) is 5.81. The highest BCUT2D eigenvalue weighted by molar-refractivity contribution is 6.00. The van der Waals surface area contributed by atoms with Gasteiger partial charge in [-0.2, -0.15) is 0 Å². The van der Waals surface area contributed by atoms with Gasteiger partial charge in [0, 0.05) is 18.8 Å². The molecule has 0 saturated heterocycles. The Labute approximate surface area is 138 Å². The van der Waals surface area contributed by atoms with E-state index in [-0.39, 0.29) is 17.9 Å². The minimum atomic E-state index is -0.586. The molecule has 2 N–H and O–H groups in total. The predicted octanol–water partition coefficient (Wildman–Crippen LogP) is 1.63. The molecule has 6 heteroatoms. The molecule has 1 amide bonds. The summed E-state index contributed by atoms with van der Waals surface area (Å²) in [7, 11) is 1.69. The van der Waals surface area contributed by atoms with Crippen LogP contribution in [0.25, 0.3) is 10.9 Å². The van der Waals surface area contributed by atoms with Crippen LogP contribution >= 0.6 is 0 Å². The van der Waals surface area contributed by atoms with Crippen LogP contribution in [0.15, 0.2) is 47.4 Å². The molecule has 0 atom stereocenters. The van der Waals surface area contributed by atoms with Crippen LogP contribution in [-0.2, 0) is 13.6 Å². The van der Waals surface area contributed by atoms with E-state index < -0.39 is 5.91 Å². The molecule has 0 saturated carbocycles. The Bertz CT molecular complexity index is 1010. The Morgan fingerprint density at radius 1 is 1.12 bits per heavy atom. The second-order valence-electron chi connectivity index (χ2n) is 5.70. The molecule has 0 unspecified atom stereocenters. The molecule has 3 rings (SSSR count). The topological polar surface area (TPSA) is 87.1 Å². The largest absolute Gasteiger partial charge is 0.364 e. The number of aromatic nitrogens is 2. The molecule has 0 aliphatic carbocycles. The van der Waals surface area contributed by atoms with E-state index in [4.69, 9.17) is 5.73 Å². The number of ketones is 1. The number of hydrogen-bond donors (Lipinski definition) is 1. The van der Waals surface area contributed by atoms with Crippen molar-refractivity contribution in [1.82, 2.24) is 9.13 Å². The van der Waals surface area contributed by atoms with Crippen molar-refractivity contribution in [1.29, 1.82) is 0 Å². The Hall–Kier alpha value is -3.15. The zero-order valence-corrected chi connectivity index (χ0v) is 13.4. The summed E-state index contributed by atoms with van der Waals surface area (Å²) in [6.07, 6.45) is 1.57. The van der Waals surface area contributed by atoms with Gasteiger partial charge in [0.05, 0.1) is 17.4 Å². The molecule has 0 spiro atoms. The Morgan fingerprint density at radius 3 is 2.42 bits per heavy atom. The summed E-state index contributed by atoms with van der Waals surface area (Å²) in [6.45, 7) is 1.63. The van der Waals surface area contributed by atoms with Crippen LogP contribution in [0.4, 0.5) is 0 Å². The van der Waals surface area contributed by atoms with Crippen molar-refractivity contribution >= 4 is 22.6 Å². The normalized spacial score (nSPS) is 10.9. The summed E-state index contributed by atoms with van der Waals surface area (Å²) in [4.78, 5) is 36.7. The molecule has 2 aromatic heterocycles. The SMILES string of the molecule is Cc1c(C(N)=O)n(C)c2ccn(CC(=O)c3ccccc3)c(=O)c12. The van der Waals surface area contributed by atoms with Gasteiger partial charge in [-0.05, 0) is 18.6 Å². The van der Waals surface area contributed by atoms with Gasteiger partial charge in [-0.15, -0.1) is 0 Å². The average molecular weight is 323 g/mol. The highest BCUT2D eigenvalue weighted by Gasteiger charge is 2.19. The molecule has 0 fully saturated rings. The number of aryl methyl sites for hydroxylation is 2. The van der Waals surface area contributed by atoms with Crippen LogP contribution in [0.1, 0.15) is 26.4 Å². The third kappa shape index (κ3) is 2.42. The third-order valence-corrected chi connectivity index (χ3v) is 4.21. The molecular weight excluding hydrogens is 306 g/mol. The minimum absolute atomic E-state index is 0.0565. The maximum Gasteiger partial charge on any atom is 0.265 e. The number of Topliss-reactive ketones (excluding diaryl/α,β-unsaturated/α-hetero) is 1. The van der Waals surface area contributed by atoms with Crippen molar-refractivity contribution < 1.29 is 9.59 Å². The molecule has 2 heterocycles. The van der Waals surface area contributed by atoms with Gasteiger partial charge in [0.2, 0.25) is 0 Å². The van der Waals surface area contributed by atoms with Crippen molar-refractivity contribution in [2.45, 2.75) is 13.5 Å². The number of benzene rings is 1. The first-order valence-electron chi connectivity index (χ1n) is 7.48. The van der Waals surface area contributed by atoms with Crippen LogP contribution in [0.5, 0.6) is 0 Å². The molecule has 0 radical (unpaired) electrons. The number of primary amides is 1. The highest BCUT2D eigenvalue weighted by Crippen LogP contribution is 2.21. The van der Waals surface area contributed by atoms with Gasteiger partial charge >= 0.3 is 0 Å². The third-order valence-electron chi connectivity index (χ3n) is 4.21. The Kier molecular flexibility index (Phi) is 3.81. The lowest BCUT2D eigenvalue weighted by Gasteiger charge is -2.06. The first kappa shape index (κ1) is 15.7. The zero-order chi connectivity index (χ0) is 17.4. The first-order valence-corrected chi connectivity index (χ1v) is 7.48. The zero-order valence-electron chi connectivity index (χ0n) is 13.4. The monoisotopic (exact) mass is 323 g/mol. The van der Waals surface area contributed by atoms with E-state index in [2.05, 4.69) is 0 Å². The van der Waals surface area contributed by atoms with Gasteiger partial charge in [0.1, 0.15) is 5.69 Å². The summed E-state index contributed by atoms with van der Waals surface area (Å²) in [6, 6.07) is 10.5. The van der Waals surface area contributed by atoms with Crippen molar-refractivity contribution in [2.24, 2.45) is 12.8 Å². The molecule has 0 aliphatic heterocycles. The Morgan fingerprint density at radius 2 is 1.79 bits per heavy atom. The number of carbonyl (C=O) groups is 2. The number of amides is 1. The lowest BCUT2D eigenvalue weighted by Crippen LogP contribution is -2.24. The number of hydrogen-bond acceptors (Lipinski definition) is 3. The number of carbonyl (C=O) groups excluding carboxylic acids is 2. The van der Waals surface area contributed by atoms with Gasteiger partial charge in [-0.1, -0.05) is 30.3 Å². The molecule has 0 aliphatic rings. The molecule has 24 heavy (non-hydrogen) atoms. The van der Waals surface area contributed by atoms with E-state index in [1.54, 1.807) is 55.1 Å². The second-order valence-corrected chi connectivity index (χ2v) is 5.70. The fourth-order valence-corrected chi connectivity index (χ4v) is 3.03. The van der Waals surface area contributed by atoms with E-state index in [0.717, 1.165) is 0 Å². The number of nitrogens with two attached hydrogens (primary N) is 1. The fraction of sp³-hybridized carbons (Fsp3) is 0.167. The smallest absolute Gasteiger partial charge is 0.265 e. The van der Waals surface area contributed by atoms with Crippen LogP contribution in [0.3, 0.4) is 0 Å². The summed E-state index contributed by atoms with van der Waals surface area (Å²) in [5, 5.41) is 0.412. The summed E-state index contributed by atoms with van der Waals surface area (Å²) in [5.74, 6) is -0.738. The summed E-state index contributed by atoms with van der Waals surface area (Å²) >= 11 is 0. The lowest BCUT2D eigenvalue weighted by molar-refractivity contribution is 0.0968. The van der Waals surface area contributed by atoms with Crippen LogP contribution in [0.2, 0.25) is 0 Å². The molecular formula is C18H17N3O3. The van der Waals surface area contributed by atoms with Crippen LogP contribution < -0.4 is 11.3 Å². The number of nitrogens with zero attached hydrogens (tertiary/aromatic N) is 2. The maximum absolute atomic E-state index is 12.7. The van der Waals surface area contributed by atoms with Crippen molar-refractivity contribution in [3.05, 3.63) is 69.8 Å². The van der Waals surface area contributed by atoms with Gasteiger partial charge in [0.25, 0.3) is 11.5 Å². The van der Waals surface area contributed by atoms with Crippen molar-refractivity contribution in [3.63, 3.8) is 0 Å². The van der Waals surface area contributed by atoms with Gasteiger partial charge < -0.3 is 14.9 Å². The van der Waals surface area contributed by atoms with E-state index in [9.17, 15) is 14.4 Å². The number of fused-ring (bicyclic) bond motifs is 1. The van der Waals surface area contributed by atoms with E-state index >= 15 is 0 Å². The summed E-state index contributed by atoms with van der Waals surface area (Å²) < 4.78 is 2.97. The van der Waals surface area contributed by atoms with Gasteiger partial charge in [0.15, 0.2) is 5.78 Å². The first-order chi connectivity index (χ1) is 11.4. The van der Waals surface area contributed by atoms with E-state index in [1.807, 2.05) is 6.07 Å². The predicted molar refractivity (Wildman–Crippen MR) is 91.2 cm³/mol. The Balaban J connectivity index is 2.10. The number of pyridine rings is 1. The molecule has 122 valence electrons. The fourth-order valence-electron chi connectivity index (χ4n) is 3.03. The number of rotatable bonds is 4. The van der Waals surface area contributed by atoms with Gasteiger partial charge in [-0.25, -0.2) is 0 Å². The van der Waals surface area contributed by atoms with E-state index in [1.165, 1.54) is 4.57 Å². The van der Waals surface area contributed by atoms with E-state index in [0.29, 0.717) is 27.7 Å². The molecule has 6 nitrogen and oxygen atoms in total. The molecule has 0 bridgehead atoms. The average Bonchev–Trinajstić information content (AvgIpc) is 2.82. The summed E-state index contributed by atoms with van der Waals surface area (Å²) in [5.41, 5.74) is 7.10. The highest BCUT2D eigenvalue weighted by atomic mass is 16.1. The molecule has 3 aromatic rings. The quantitative estimate of drug-likeness (QED) is 0.740. The lowest BCUT2D eigenvalue weighted by atomic mass is 10.1. The van der Waals surface area contributed by atoms with Gasteiger partial charge in [-0.3, -0.25) is 14.4 Å². The van der Waals surface area contributed by atoms with Crippen LogP contribution in [0, 0.1) is 6.92 Å². The maximum atomic E-state index is 12.7.